The normalized spacial score (nSPS) is 15.2. The van der Waals surface area contributed by atoms with Crippen LogP contribution in [0.4, 0.5) is 21.0 Å². The Morgan fingerprint density at radius 1 is 1.08 bits per heavy atom. The molecular formula is C25H25ClN4O5S. The molecule has 0 aliphatic carbocycles. The van der Waals surface area contributed by atoms with Crippen molar-refractivity contribution in [2.45, 2.75) is 18.9 Å². The quantitative estimate of drug-likeness (QED) is 0.368. The summed E-state index contributed by atoms with van der Waals surface area (Å²) in [5, 5.41) is 6.07. The van der Waals surface area contributed by atoms with Gasteiger partial charge in [-0.25, -0.2) is 14.4 Å². The number of halogens is 1. The highest BCUT2D eigenvalue weighted by Gasteiger charge is 2.28. The standard InChI is InChI=1S/C25H25ClN4O5S/c1-34-18-10-8-17(9-11-18)28-25(33)29-20-13-21(15-4-6-16(26)7-5-15)36-22(20)23(31)35-19-3-2-12-30(14-19)24(27)32/h4-11,13,19H,2-3,12,14H2,1H3,(H2,27,32)(H2,28,29,33). The Balaban J connectivity index is 1.54. The number of esters is 1. The highest BCUT2D eigenvalue weighted by Crippen LogP contribution is 2.36. The third-order valence-corrected chi connectivity index (χ3v) is 7.02. The summed E-state index contributed by atoms with van der Waals surface area (Å²) in [4.78, 5) is 39.9. The minimum atomic E-state index is -0.587. The van der Waals surface area contributed by atoms with Gasteiger partial charge in [0.05, 0.1) is 19.3 Å². The second-order valence-electron chi connectivity index (χ2n) is 8.12. The Hall–Kier alpha value is -3.76. The van der Waals surface area contributed by atoms with Crippen LogP contribution < -0.4 is 21.1 Å². The number of methoxy groups -OCH3 is 1. The van der Waals surface area contributed by atoms with E-state index in [9.17, 15) is 14.4 Å². The Bertz CT molecular complexity index is 1250. The number of carbonyl (C=O) groups is 3. The van der Waals surface area contributed by atoms with E-state index in [0.717, 1.165) is 10.4 Å². The number of nitrogens with zero attached hydrogens (tertiary/aromatic N) is 1. The molecule has 0 spiro atoms. The molecule has 2 aromatic carbocycles. The van der Waals surface area contributed by atoms with E-state index in [-0.39, 0.29) is 11.4 Å². The molecule has 1 aromatic heterocycles. The van der Waals surface area contributed by atoms with Crippen molar-refractivity contribution >= 4 is 52.3 Å². The number of urea groups is 2. The first kappa shape index (κ1) is 25.3. The van der Waals surface area contributed by atoms with Gasteiger partial charge in [0.2, 0.25) is 0 Å². The zero-order chi connectivity index (χ0) is 25.7. The number of likely N-dealkylation sites (tertiary alicyclic amines) is 1. The molecule has 36 heavy (non-hydrogen) atoms. The van der Waals surface area contributed by atoms with Gasteiger partial charge in [-0.05, 0) is 60.9 Å². The van der Waals surface area contributed by atoms with Gasteiger partial charge in [0.1, 0.15) is 16.7 Å². The second kappa shape index (κ2) is 11.3. The lowest BCUT2D eigenvalue weighted by molar-refractivity contribution is 0.0134. The molecule has 188 valence electrons. The number of piperidine rings is 1. The molecule has 0 radical (unpaired) electrons. The molecule has 0 bridgehead atoms. The maximum atomic E-state index is 13.2. The molecule has 4 rings (SSSR count). The number of primary amides is 1. The van der Waals surface area contributed by atoms with Crippen molar-refractivity contribution in [2.24, 2.45) is 5.73 Å². The number of nitrogens with two attached hydrogens (primary N) is 1. The Kier molecular flexibility index (Phi) is 7.97. The summed E-state index contributed by atoms with van der Waals surface area (Å²) in [7, 11) is 1.56. The lowest BCUT2D eigenvalue weighted by atomic mass is 10.1. The third kappa shape index (κ3) is 6.27. The number of carbonyl (C=O) groups excluding carboxylic acids is 3. The maximum absolute atomic E-state index is 13.2. The molecule has 1 atom stereocenters. The molecule has 1 unspecified atom stereocenters. The summed E-state index contributed by atoms with van der Waals surface area (Å²) in [5.74, 6) is 0.0744. The van der Waals surface area contributed by atoms with Gasteiger partial charge in [0.15, 0.2) is 0 Å². The largest absolute Gasteiger partial charge is 0.497 e. The van der Waals surface area contributed by atoms with Crippen molar-refractivity contribution in [3.05, 3.63) is 64.5 Å². The van der Waals surface area contributed by atoms with Crippen LogP contribution in [0.2, 0.25) is 5.02 Å². The monoisotopic (exact) mass is 528 g/mol. The molecule has 3 aromatic rings. The van der Waals surface area contributed by atoms with Crippen LogP contribution in [0, 0.1) is 0 Å². The summed E-state index contributed by atoms with van der Waals surface area (Å²) in [6, 6.07) is 14.7. The fraction of sp³-hybridized carbons (Fsp3) is 0.240. The minimum absolute atomic E-state index is 0.233. The van der Waals surface area contributed by atoms with Gasteiger partial charge in [0.25, 0.3) is 0 Å². The van der Waals surface area contributed by atoms with Gasteiger partial charge in [0, 0.05) is 22.1 Å². The highest BCUT2D eigenvalue weighted by molar-refractivity contribution is 7.18. The van der Waals surface area contributed by atoms with E-state index >= 15 is 0 Å². The fourth-order valence-corrected chi connectivity index (χ4v) is 4.92. The summed E-state index contributed by atoms with van der Waals surface area (Å²) >= 11 is 7.21. The Morgan fingerprint density at radius 3 is 2.47 bits per heavy atom. The van der Waals surface area contributed by atoms with E-state index < -0.39 is 24.1 Å². The van der Waals surface area contributed by atoms with Crippen molar-refractivity contribution in [1.82, 2.24) is 4.90 Å². The van der Waals surface area contributed by atoms with E-state index in [4.69, 9.17) is 26.8 Å². The molecular weight excluding hydrogens is 504 g/mol. The first-order valence-electron chi connectivity index (χ1n) is 11.2. The van der Waals surface area contributed by atoms with Gasteiger partial charge in [-0.1, -0.05) is 23.7 Å². The lowest BCUT2D eigenvalue weighted by Crippen LogP contribution is -2.46. The molecule has 4 amide bonds. The van der Waals surface area contributed by atoms with Gasteiger partial charge in [-0.2, -0.15) is 0 Å². The predicted octanol–water partition coefficient (Wildman–Crippen LogP) is 5.42. The number of amides is 4. The van der Waals surface area contributed by atoms with E-state index in [1.54, 1.807) is 49.6 Å². The maximum Gasteiger partial charge on any atom is 0.350 e. The zero-order valence-electron chi connectivity index (χ0n) is 19.5. The van der Waals surface area contributed by atoms with Crippen molar-refractivity contribution < 1.29 is 23.9 Å². The first-order valence-corrected chi connectivity index (χ1v) is 12.4. The van der Waals surface area contributed by atoms with Gasteiger partial charge >= 0.3 is 18.0 Å². The molecule has 4 N–H and O–H groups in total. The van der Waals surface area contributed by atoms with Crippen molar-refractivity contribution in [3.8, 4) is 16.2 Å². The zero-order valence-corrected chi connectivity index (χ0v) is 21.0. The predicted molar refractivity (Wildman–Crippen MR) is 140 cm³/mol. The Morgan fingerprint density at radius 2 is 1.81 bits per heavy atom. The molecule has 11 heteroatoms. The van der Waals surface area contributed by atoms with Crippen LogP contribution in [0.15, 0.2) is 54.6 Å². The summed E-state index contributed by atoms with van der Waals surface area (Å²) in [6.07, 6.45) is 0.809. The van der Waals surface area contributed by atoms with Crippen LogP contribution in [0.1, 0.15) is 22.5 Å². The second-order valence-corrected chi connectivity index (χ2v) is 9.61. The molecule has 1 aliphatic rings. The van der Waals surface area contributed by atoms with Gasteiger partial charge in [-0.15, -0.1) is 11.3 Å². The van der Waals surface area contributed by atoms with Crippen LogP contribution >= 0.6 is 22.9 Å². The van der Waals surface area contributed by atoms with Crippen LogP contribution in [0.5, 0.6) is 5.75 Å². The smallest absolute Gasteiger partial charge is 0.350 e. The molecule has 2 heterocycles. The molecule has 9 nitrogen and oxygen atoms in total. The lowest BCUT2D eigenvalue weighted by Gasteiger charge is -2.31. The third-order valence-electron chi connectivity index (χ3n) is 5.61. The highest BCUT2D eigenvalue weighted by atomic mass is 35.5. The number of thiophene rings is 1. The van der Waals surface area contributed by atoms with E-state index in [1.807, 2.05) is 12.1 Å². The number of hydrogen-bond acceptors (Lipinski definition) is 6. The van der Waals surface area contributed by atoms with Crippen LogP contribution in [0.25, 0.3) is 10.4 Å². The average molecular weight is 529 g/mol. The number of anilines is 2. The van der Waals surface area contributed by atoms with E-state index in [0.29, 0.717) is 41.5 Å². The minimum Gasteiger partial charge on any atom is -0.497 e. The Labute approximate surface area is 217 Å². The van der Waals surface area contributed by atoms with Crippen LogP contribution in [0.3, 0.4) is 0 Å². The summed E-state index contributed by atoms with van der Waals surface area (Å²) < 4.78 is 10.8. The number of ether oxygens (including phenoxy) is 2. The van der Waals surface area contributed by atoms with Crippen LogP contribution in [-0.4, -0.2) is 49.2 Å². The van der Waals surface area contributed by atoms with Crippen LogP contribution in [-0.2, 0) is 4.74 Å². The number of hydrogen-bond donors (Lipinski definition) is 3. The topological polar surface area (TPSA) is 123 Å². The fourth-order valence-electron chi connectivity index (χ4n) is 3.79. The summed E-state index contributed by atoms with van der Waals surface area (Å²) in [5.41, 5.74) is 7.08. The van der Waals surface area contributed by atoms with Crippen molar-refractivity contribution in [2.75, 3.05) is 30.8 Å². The SMILES string of the molecule is COc1ccc(NC(=O)Nc2cc(-c3ccc(Cl)cc3)sc2C(=O)OC2CCCN(C(N)=O)C2)cc1. The number of rotatable bonds is 6. The summed E-state index contributed by atoms with van der Waals surface area (Å²) in [6.45, 7) is 0.763. The van der Waals surface area contributed by atoms with E-state index in [2.05, 4.69) is 10.6 Å². The van der Waals surface area contributed by atoms with Gasteiger partial charge in [-0.3, -0.25) is 0 Å². The molecule has 1 aliphatic heterocycles. The molecule has 1 fully saturated rings. The molecule has 1 saturated heterocycles. The van der Waals surface area contributed by atoms with Gasteiger partial charge < -0.3 is 30.7 Å². The first-order chi connectivity index (χ1) is 17.3. The average Bonchev–Trinajstić information content (AvgIpc) is 3.28. The van der Waals surface area contributed by atoms with Crippen molar-refractivity contribution in [1.29, 1.82) is 0 Å². The van der Waals surface area contributed by atoms with Crippen molar-refractivity contribution in [3.63, 3.8) is 0 Å². The van der Waals surface area contributed by atoms with E-state index in [1.165, 1.54) is 16.2 Å². The number of benzene rings is 2. The number of nitrogens with one attached hydrogen (secondary N) is 2. The molecule has 0 saturated carbocycles.